The van der Waals surface area contributed by atoms with Crippen molar-refractivity contribution in [2.24, 2.45) is 5.92 Å². The zero-order valence-corrected chi connectivity index (χ0v) is 20.6. The van der Waals surface area contributed by atoms with Gasteiger partial charge in [0.1, 0.15) is 55.2 Å². The minimum absolute atomic E-state index is 0.0288. The molecule has 16 heteroatoms. The summed E-state index contributed by atoms with van der Waals surface area (Å²) < 4.78 is 17.9. The molecule has 4 heterocycles. The predicted molar refractivity (Wildman–Crippen MR) is 126 cm³/mol. The molecule has 2 aromatic heterocycles. The maximum absolute atomic E-state index is 10.4. The number of nitrogens with one attached hydrogen (secondary N) is 1. The van der Waals surface area contributed by atoms with Gasteiger partial charge in [-0.15, -0.1) is 0 Å². The predicted octanol–water partition coefficient (Wildman–Crippen LogP) is -3.95. The van der Waals surface area contributed by atoms with Gasteiger partial charge in [-0.2, -0.15) is 0 Å². The molecule has 0 amide bonds. The molecule has 11 atom stereocenters. The van der Waals surface area contributed by atoms with E-state index in [0.717, 1.165) is 0 Å². The molecule has 2 unspecified atom stereocenters. The molecule has 0 aliphatic carbocycles. The van der Waals surface area contributed by atoms with Crippen LogP contribution in [-0.2, 0) is 14.2 Å². The van der Waals surface area contributed by atoms with E-state index < -0.39 is 74.6 Å². The molecule has 2 aliphatic heterocycles. The fraction of sp³-hybridized carbons (Fsp3) is 0.773. The first-order valence-corrected chi connectivity index (χ1v) is 12.3. The number of ether oxygens (including phenoxy) is 3. The van der Waals surface area contributed by atoms with E-state index >= 15 is 0 Å². The Kier molecular flexibility index (Phi) is 9.43. The number of rotatable bonds is 10. The number of anilines is 1. The lowest BCUT2D eigenvalue weighted by molar-refractivity contribution is -0.303. The number of hydrogen-bond donors (Lipinski definition) is 9. The highest BCUT2D eigenvalue weighted by molar-refractivity contribution is 5.82. The topological polar surface area (TPSA) is 245 Å². The van der Waals surface area contributed by atoms with Crippen LogP contribution in [0.1, 0.15) is 19.6 Å². The standard InChI is InChI=1S/C22H35N5O11/c1-9(6-36-22-18(35)16(33)14(31)11(5-29)38-22)2-3-23-19-12-20(25-7-24-19)27(8-26-12)21-17(34)15(32)13(30)10(4-28)37-21/h7-11,13-18,21-22,28-35H,2-6H2,1H3,(H,23,24,25)/t9?,10-,11-,13-,14-,15+,16+,17-,18-,21?,22+/m1/s1. The molecule has 0 spiro atoms. The number of hydrogen-bond acceptors (Lipinski definition) is 15. The summed E-state index contributed by atoms with van der Waals surface area (Å²) in [6.07, 6.45) is -10.2. The van der Waals surface area contributed by atoms with Gasteiger partial charge in [-0.25, -0.2) is 15.0 Å². The lowest BCUT2D eigenvalue weighted by Crippen LogP contribution is -2.59. The normalized spacial score (nSPS) is 36.9. The Hall–Kier alpha value is -2.09. The monoisotopic (exact) mass is 545 g/mol. The summed E-state index contributed by atoms with van der Waals surface area (Å²) >= 11 is 0. The van der Waals surface area contributed by atoms with Crippen molar-refractivity contribution in [3.05, 3.63) is 12.7 Å². The Morgan fingerprint density at radius 1 is 0.895 bits per heavy atom. The highest BCUT2D eigenvalue weighted by atomic mass is 16.7. The number of nitrogens with zero attached hydrogens (tertiary/aromatic N) is 4. The maximum atomic E-state index is 10.4. The first kappa shape index (κ1) is 28.9. The number of fused-ring (bicyclic) bond motifs is 1. The van der Waals surface area contributed by atoms with Crippen molar-refractivity contribution in [1.29, 1.82) is 0 Å². The fourth-order valence-corrected chi connectivity index (χ4v) is 4.46. The molecule has 2 aromatic rings. The summed E-state index contributed by atoms with van der Waals surface area (Å²) in [5, 5.41) is 82.3. The second-order valence-corrected chi connectivity index (χ2v) is 9.62. The van der Waals surface area contributed by atoms with Crippen molar-refractivity contribution < 1.29 is 55.1 Å². The van der Waals surface area contributed by atoms with E-state index in [-0.39, 0.29) is 12.5 Å². The molecular weight excluding hydrogens is 510 g/mol. The lowest BCUT2D eigenvalue weighted by atomic mass is 9.98. The number of imidazole rings is 1. The fourth-order valence-electron chi connectivity index (χ4n) is 4.46. The van der Waals surface area contributed by atoms with Gasteiger partial charge in [0, 0.05) is 6.54 Å². The van der Waals surface area contributed by atoms with Crippen LogP contribution in [-0.4, -0.2) is 142 Å². The molecule has 9 N–H and O–H groups in total. The Morgan fingerprint density at radius 2 is 1.55 bits per heavy atom. The zero-order valence-electron chi connectivity index (χ0n) is 20.6. The van der Waals surface area contributed by atoms with Crippen LogP contribution >= 0.6 is 0 Å². The number of aliphatic hydroxyl groups excluding tert-OH is 8. The Labute approximate surface area is 217 Å². The van der Waals surface area contributed by atoms with Crippen LogP contribution in [0.3, 0.4) is 0 Å². The molecule has 16 nitrogen and oxygen atoms in total. The number of aliphatic hydroxyl groups is 8. The summed E-state index contributed by atoms with van der Waals surface area (Å²) in [5.74, 6) is 0.374. The summed E-state index contributed by atoms with van der Waals surface area (Å²) in [5.41, 5.74) is 0.667. The largest absolute Gasteiger partial charge is 0.394 e. The molecule has 214 valence electrons. The minimum atomic E-state index is -1.55. The van der Waals surface area contributed by atoms with Gasteiger partial charge >= 0.3 is 0 Å². The van der Waals surface area contributed by atoms with Gasteiger partial charge < -0.3 is 60.4 Å². The van der Waals surface area contributed by atoms with Gasteiger partial charge in [0.2, 0.25) is 0 Å². The Bertz CT molecular complexity index is 1040. The molecule has 2 saturated heterocycles. The maximum Gasteiger partial charge on any atom is 0.186 e. The third-order valence-electron chi connectivity index (χ3n) is 6.82. The van der Waals surface area contributed by atoms with Crippen LogP contribution in [0.25, 0.3) is 11.2 Å². The van der Waals surface area contributed by atoms with E-state index in [4.69, 9.17) is 14.2 Å². The second-order valence-electron chi connectivity index (χ2n) is 9.62. The van der Waals surface area contributed by atoms with Crippen LogP contribution in [0.2, 0.25) is 0 Å². The third-order valence-corrected chi connectivity index (χ3v) is 6.82. The third kappa shape index (κ3) is 5.75. The van der Waals surface area contributed by atoms with Crippen LogP contribution in [0.15, 0.2) is 12.7 Å². The number of aromatic nitrogens is 4. The quantitative estimate of drug-likeness (QED) is 0.138. The molecular formula is C22H35N5O11. The van der Waals surface area contributed by atoms with Crippen molar-refractivity contribution in [2.45, 2.75) is 74.7 Å². The van der Waals surface area contributed by atoms with Gasteiger partial charge in [-0.3, -0.25) is 4.57 Å². The van der Waals surface area contributed by atoms with Crippen molar-refractivity contribution >= 4 is 17.0 Å². The van der Waals surface area contributed by atoms with Gasteiger partial charge in [-0.1, -0.05) is 6.92 Å². The molecule has 4 rings (SSSR count). The van der Waals surface area contributed by atoms with E-state index in [1.165, 1.54) is 17.2 Å². The molecule has 0 bridgehead atoms. The summed E-state index contributed by atoms with van der Waals surface area (Å²) in [7, 11) is 0. The Balaban J connectivity index is 1.34. The van der Waals surface area contributed by atoms with Gasteiger partial charge in [0.05, 0.1) is 26.1 Å². The van der Waals surface area contributed by atoms with Crippen molar-refractivity contribution in [3.63, 3.8) is 0 Å². The summed E-state index contributed by atoms with van der Waals surface area (Å²) in [6.45, 7) is 1.40. The first-order valence-electron chi connectivity index (χ1n) is 12.3. The minimum Gasteiger partial charge on any atom is -0.394 e. The second kappa shape index (κ2) is 12.4. The van der Waals surface area contributed by atoms with Crippen LogP contribution in [0, 0.1) is 5.92 Å². The van der Waals surface area contributed by atoms with Crippen molar-refractivity contribution in [1.82, 2.24) is 19.5 Å². The van der Waals surface area contributed by atoms with Crippen molar-refractivity contribution in [2.75, 3.05) is 31.7 Å². The summed E-state index contributed by atoms with van der Waals surface area (Å²) in [6, 6.07) is 0. The smallest absolute Gasteiger partial charge is 0.186 e. The molecule has 0 radical (unpaired) electrons. The van der Waals surface area contributed by atoms with E-state index in [0.29, 0.717) is 29.9 Å². The molecule has 2 fully saturated rings. The lowest BCUT2D eigenvalue weighted by Gasteiger charge is -2.40. The van der Waals surface area contributed by atoms with Gasteiger partial charge in [0.25, 0.3) is 0 Å². The average molecular weight is 546 g/mol. The molecule has 2 aliphatic rings. The van der Waals surface area contributed by atoms with E-state index in [1.807, 2.05) is 6.92 Å². The van der Waals surface area contributed by atoms with Crippen LogP contribution in [0.4, 0.5) is 5.82 Å². The highest BCUT2D eigenvalue weighted by Gasteiger charge is 2.45. The van der Waals surface area contributed by atoms with Crippen LogP contribution < -0.4 is 5.32 Å². The van der Waals surface area contributed by atoms with Crippen LogP contribution in [0.5, 0.6) is 0 Å². The molecule has 0 aromatic carbocycles. The first-order chi connectivity index (χ1) is 18.2. The average Bonchev–Trinajstić information content (AvgIpc) is 3.35. The summed E-state index contributed by atoms with van der Waals surface area (Å²) in [4.78, 5) is 12.7. The zero-order chi connectivity index (χ0) is 27.6. The van der Waals surface area contributed by atoms with E-state index in [9.17, 15) is 40.9 Å². The molecule has 38 heavy (non-hydrogen) atoms. The molecule has 0 saturated carbocycles. The van der Waals surface area contributed by atoms with E-state index in [2.05, 4.69) is 20.3 Å². The van der Waals surface area contributed by atoms with Gasteiger partial charge in [0.15, 0.2) is 29.5 Å². The van der Waals surface area contributed by atoms with Gasteiger partial charge in [-0.05, 0) is 12.3 Å². The highest BCUT2D eigenvalue weighted by Crippen LogP contribution is 2.31. The van der Waals surface area contributed by atoms with E-state index in [1.54, 1.807) is 0 Å². The Morgan fingerprint density at radius 3 is 2.24 bits per heavy atom. The van der Waals surface area contributed by atoms with Crippen molar-refractivity contribution in [3.8, 4) is 0 Å². The SMILES string of the molecule is CC(CCNc1ncnc2c1ncn2C1O[C@H](CO)[C@@H](O)[C@H](O)[C@H]1O)CO[C@H]1O[C@H](CO)[C@@H](O)[C@H](O)[C@H]1O.